The maximum absolute atomic E-state index is 3.50. The smallest absolute Gasteiger partial charge is 0.00235 e. The SMILES string of the molecule is CC[C@H]1CNC[C@H]1c1ccccc1C. The van der Waals surface area contributed by atoms with E-state index in [0.717, 1.165) is 18.4 Å². The van der Waals surface area contributed by atoms with E-state index in [1.54, 1.807) is 5.56 Å². The van der Waals surface area contributed by atoms with E-state index in [1.165, 1.54) is 18.5 Å². The Balaban J connectivity index is 2.26. The van der Waals surface area contributed by atoms with E-state index in [-0.39, 0.29) is 0 Å². The van der Waals surface area contributed by atoms with Crippen LogP contribution in [0.4, 0.5) is 0 Å². The molecule has 0 aliphatic carbocycles. The van der Waals surface area contributed by atoms with Crippen molar-refractivity contribution in [3.63, 3.8) is 0 Å². The minimum absolute atomic E-state index is 0.737. The Labute approximate surface area is 86.5 Å². The second-order valence-electron chi connectivity index (χ2n) is 4.29. The molecule has 1 heterocycles. The summed E-state index contributed by atoms with van der Waals surface area (Å²) in [6, 6.07) is 8.80. The average Bonchev–Trinajstić information content (AvgIpc) is 2.66. The Bertz CT molecular complexity index is 306. The molecule has 0 radical (unpaired) electrons. The van der Waals surface area contributed by atoms with Crippen molar-refractivity contribution in [2.75, 3.05) is 13.1 Å². The van der Waals surface area contributed by atoms with Crippen LogP contribution in [-0.4, -0.2) is 13.1 Å². The van der Waals surface area contributed by atoms with Crippen LogP contribution in [0.3, 0.4) is 0 Å². The Hall–Kier alpha value is -0.820. The van der Waals surface area contributed by atoms with Crippen molar-refractivity contribution in [3.05, 3.63) is 35.4 Å². The van der Waals surface area contributed by atoms with Crippen LogP contribution in [0, 0.1) is 12.8 Å². The second-order valence-corrected chi connectivity index (χ2v) is 4.29. The van der Waals surface area contributed by atoms with E-state index in [1.807, 2.05) is 0 Å². The van der Waals surface area contributed by atoms with Crippen LogP contribution < -0.4 is 5.32 Å². The Kier molecular flexibility index (Phi) is 2.87. The van der Waals surface area contributed by atoms with Gasteiger partial charge in [-0.3, -0.25) is 0 Å². The van der Waals surface area contributed by atoms with Gasteiger partial charge in [-0.25, -0.2) is 0 Å². The highest BCUT2D eigenvalue weighted by atomic mass is 14.9. The summed E-state index contributed by atoms with van der Waals surface area (Å²) in [5.74, 6) is 1.57. The van der Waals surface area contributed by atoms with Gasteiger partial charge in [0.2, 0.25) is 0 Å². The van der Waals surface area contributed by atoms with Crippen LogP contribution >= 0.6 is 0 Å². The molecule has 1 aromatic rings. The van der Waals surface area contributed by atoms with Crippen molar-refractivity contribution in [3.8, 4) is 0 Å². The zero-order valence-corrected chi connectivity index (χ0v) is 9.09. The molecule has 1 aromatic carbocycles. The monoisotopic (exact) mass is 189 g/mol. The summed E-state index contributed by atoms with van der Waals surface area (Å²) in [5, 5.41) is 3.50. The fraction of sp³-hybridized carbons (Fsp3) is 0.538. The molecule has 2 rings (SSSR count). The van der Waals surface area contributed by atoms with Gasteiger partial charge < -0.3 is 5.32 Å². The van der Waals surface area contributed by atoms with E-state index in [4.69, 9.17) is 0 Å². The molecule has 0 bridgehead atoms. The standard InChI is InChI=1S/C13H19N/c1-3-11-8-14-9-13(11)12-7-5-4-6-10(12)2/h4-7,11,13-14H,3,8-9H2,1-2H3/t11-,13+/m0/s1. The molecule has 1 N–H and O–H groups in total. The lowest BCUT2D eigenvalue weighted by atomic mass is 9.85. The highest BCUT2D eigenvalue weighted by Crippen LogP contribution is 2.31. The molecule has 1 saturated heterocycles. The lowest BCUT2D eigenvalue weighted by Gasteiger charge is -2.19. The molecule has 0 aromatic heterocycles. The van der Waals surface area contributed by atoms with Gasteiger partial charge >= 0.3 is 0 Å². The minimum Gasteiger partial charge on any atom is -0.316 e. The van der Waals surface area contributed by atoms with Crippen molar-refractivity contribution in [2.24, 2.45) is 5.92 Å². The molecule has 1 aliphatic rings. The molecule has 2 atom stereocenters. The molecular weight excluding hydrogens is 170 g/mol. The summed E-state index contributed by atoms with van der Waals surface area (Å²) < 4.78 is 0. The second kappa shape index (κ2) is 4.14. The molecule has 0 saturated carbocycles. The molecule has 14 heavy (non-hydrogen) atoms. The fourth-order valence-corrected chi connectivity index (χ4v) is 2.53. The Morgan fingerprint density at radius 2 is 2.07 bits per heavy atom. The van der Waals surface area contributed by atoms with Crippen molar-refractivity contribution in [2.45, 2.75) is 26.2 Å². The third-order valence-electron chi connectivity index (χ3n) is 3.45. The van der Waals surface area contributed by atoms with Gasteiger partial charge in [-0.05, 0) is 30.5 Å². The molecule has 1 aliphatic heterocycles. The van der Waals surface area contributed by atoms with Crippen LogP contribution in [0.5, 0.6) is 0 Å². The predicted octanol–water partition coefficient (Wildman–Crippen LogP) is 2.71. The first-order valence-electron chi connectivity index (χ1n) is 5.59. The molecule has 1 heteroatoms. The number of rotatable bonds is 2. The molecule has 0 unspecified atom stereocenters. The Morgan fingerprint density at radius 1 is 1.29 bits per heavy atom. The van der Waals surface area contributed by atoms with Crippen LogP contribution in [-0.2, 0) is 0 Å². The van der Waals surface area contributed by atoms with Crippen molar-refractivity contribution in [1.82, 2.24) is 5.32 Å². The predicted molar refractivity (Wildman–Crippen MR) is 60.6 cm³/mol. The van der Waals surface area contributed by atoms with E-state index < -0.39 is 0 Å². The third-order valence-corrected chi connectivity index (χ3v) is 3.45. The summed E-state index contributed by atoms with van der Waals surface area (Å²) in [6.45, 7) is 6.86. The topological polar surface area (TPSA) is 12.0 Å². The number of hydrogen-bond donors (Lipinski definition) is 1. The van der Waals surface area contributed by atoms with Gasteiger partial charge in [0.05, 0.1) is 0 Å². The molecule has 1 nitrogen and oxygen atoms in total. The lowest BCUT2D eigenvalue weighted by Crippen LogP contribution is -2.10. The van der Waals surface area contributed by atoms with Gasteiger partial charge in [0, 0.05) is 12.5 Å². The van der Waals surface area contributed by atoms with Crippen molar-refractivity contribution in [1.29, 1.82) is 0 Å². The fourth-order valence-electron chi connectivity index (χ4n) is 2.53. The first-order chi connectivity index (χ1) is 6.83. The summed E-state index contributed by atoms with van der Waals surface area (Å²) in [6.07, 6.45) is 1.28. The number of hydrogen-bond acceptors (Lipinski definition) is 1. The molecule has 0 spiro atoms. The van der Waals surface area contributed by atoms with Gasteiger partial charge in [0.15, 0.2) is 0 Å². The van der Waals surface area contributed by atoms with E-state index in [9.17, 15) is 0 Å². The van der Waals surface area contributed by atoms with E-state index >= 15 is 0 Å². The van der Waals surface area contributed by atoms with Crippen LogP contribution in [0.2, 0.25) is 0 Å². The maximum atomic E-state index is 3.50. The number of benzene rings is 1. The highest BCUT2D eigenvalue weighted by molar-refractivity contribution is 5.30. The maximum Gasteiger partial charge on any atom is 0.00235 e. The highest BCUT2D eigenvalue weighted by Gasteiger charge is 2.27. The zero-order chi connectivity index (χ0) is 9.97. The normalized spacial score (nSPS) is 26.7. The molecule has 76 valence electrons. The largest absolute Gasteiger partial charge is 0.316 e. The third kappa shape index (κ3) is 1.69. The van der Waals surface area contributed by atoms with Crippen LogP contribution in [0.25, 0.3) is 0 Å². The first kappa shape index (κ1) is 9.72. The quantitative estimate of drug-likeness (QED) is 0.754. The van der Waals surface area contributed by atoms with Gasteiger partial charge in [0.25, 0.3) is 0 Å². The van der Waals surface area contributed by atoms with Crippen molar-refractivity contribution < 1.29 is 0 Å². The summed E-state index contributed by atoms with van der Waals surface area (Å²) in [5.41, 5.74) is 2.99. The Morgan fingerprint density at radius 3 is 2.79 bits per heavy atom. The zero-order valence-electron chi connectivity index (χ0n) is 9.09. The molecule has 1 fully saturated rings. The van der Waals surface area contributed by atoms with E-state index in [2.05, 4.69) is 43.4 Å². The molecular formula is C13H19N. The summed E-state index contributed by atoms with van der Waals surface area (Å²) in [7, 11) is 0. The summed E-state index contributed by atoms with van der Waals surface area (Å²) in [4.78, 5) is 0. The van der Waals surface area contributed by atoms with E-state index in [0.29, 0.717) is 0 Å². The van der Waals surface area contributed by atoms with Gasteiger partial charge in [0.1, 0.15) is 0 Å². The summed E-state index contributed by atoms with van der Waals surface area (Å²) >= 11 is 0. The number of nitrogens with one attached hydrogen (secondary N) is 1. The van der Waals surface area contributed by atoms with Crippen LogP contribution in [0.1, 0.15) is 30.4 Å². The number of aryl methyl sites for hydroxylation is 1. The van der Waals surface area contributed by atoms with Crippen molar-refractivity contribution >= 4 is 0 Å². The van der Waals surface area contributed by atoms with Gasteiger partial charge in [-0.1, -0.05) is 37.6 Å². The average molecular weight is 189 g/mol. The van der Waals surface area contributed by atoms with Crippen LogP contribution in [0.15, 0.2) is 24.3 Å². The lowest BCUT2D eigenvalue weighted by molar-refractivity contribution is 0.501. The minimum atomic E-state index is 0.737. The molecule has 0 amide bonds. The van der Waals surface area contributed by atoms with Gasteiger partial charge in [-0.2, -0.15) is 0 Å². The van der Waals surface area contributed by atoms with Gasteiger partial charge in [-0.15, -0.1) is 0 Å². The first-order valence-corrected chi connectivity index (χ1v) is 5.59.